The Morgan fingerprint density at radius 3 is 2.00 bits per heavy atom. The van der Waals surface area contributed by atoms with Gasteiger partial charge in [0.2, 0.25) is 11.8 Å². The zero-order valence-electron chi connectivity index (χ0n) is 19.4. The van der Waals surface area contributed by atoms with Crippen LogP contribution in [-0.2, 0) is 29.0 Å². The minimum Gasteiger partial charge on any atom is -0.350 e. The molecule has 0 saturated heterocycles. The number of nitrogens with one attached hydrogen (secondary N) is 1. The zero-order valence-corrected chi connectivity index (χ0v) is 19.4. The molecule has 0 aliphatic rings. The van der Waals surface area contributed by atoms with Crippen LogP contribution < -0.4 is 5.32 Å². The van der Waals surface area contributed by atoms with Crippen molar-refractivity contribution in [1.82, 2.24) is 10.2 Å². The summed E-state index contributed by atoms with van der Waals surface area (Å²) in [5.41, 5.74) is 2.76. The summed E-state index contributed by atoms with van der Waals surface area (Å²) in [6.07, 6.45) is 2.40. The lowest BCUT2D eigenvalue weighted by Crippen LogP contribution is -2.53. The van der Waals surface area contributed by atoms with Gasteiger partial charge >= 0.3 is 0 Å². The summed E-state index contributed by atoms with van der Waals surface area (Å²) in [6.45, 7) is 10.0. The van der Waals surface area contributed by atoms with Crippen molar-refractivity contribution in [1.29, 1.82) is 0 Å². The molecule has 0 radical (unpaired) electrons. The SMILES string of the molecule is CCc1ccc(CCC(=O)N(Cc2ccc(F)cc2)[C@@H](CC)C(=O)NC(C)(C)C)cc1. The highest BCUT2D eigenvalue weighted by Gasteiger charge is 2.30. The third kappa shape index (κ3) is 7.82. The van der Waals surface area contributed by atoms with Crippen molar-refractivity contribution < 1.29 is 14.0 Å². The van der Waals surface area contributed by atoms with Crippen molar-refractivity contribution in [3.05, 3.63) is 71.0 Å². The lowest BCUT2D eigenvalue weighted by atomic mass is 10.0. The van der Waals surface area contributed by atoms with Gasteiger partial charge in [0, 0.05) is 18.5 Å². The van der Waals surface area contributed by atoms with Crippen LogP contribution in [0.4, 0.5) is 4.39 Å². The first-order valence-electron chi connectivity index (χ1n) is 11.1. The molecule has 168 valence electrons. The number of aryl methyl sites for hydroxylation is 2. The van der Waals surface area contributed by atoms with Crippen molar-refractivity contribution >= 4 is 11.8 Å². The van der Waals surface area contributed by atoms with Crippen molar-refractivity contribution in [2.24, 2.45) is 0 Å². The normalized spacial score (nSPS) is 12.3. The minimum absolute atomic E-state index is 0.0835. The maximum Gasteiger partial charge on any atom is 0.243 e. The molecular formula is C26H35FN2O2. The number of hydrogen-bond donors (Lipinski definition) is 1. The highest BCUT2D eigenvalue weighted by molar-refractivity contribution is 5.88. The van der Waals surface area contributed by atoms with Crippen LogP contribution in [0.5, 0.6) is 0 Å². The van der Waals surface area contributed by atoms with Crippen LogP contribution in [0.15, 0.2) is 48.5 Å². The molecule has 2 aromatic rings. The molecule has 31 heavy (non-hydrogen) atoms. The van der Waals surface area contributed by atoms with E-state index in [1.807, 2.05) is 27.7 Å². The Bertz CT molecular complexity index is 854. The van der Waals surface area contributed by atoms with E-state index in [-0.39, 0.29) is 24.2 Å². The fraction of sp³-hybridized carbons (Fsp3) is 0.462. The number of amides is 2. The van der Waals surface area contributed by atoms with E-state index in [2.05, 4.69) is 36.5 Å². The molecule has 2 amide bonds. The molecule has 0 fully saturated rings. The average Bonchev–Trinajstić information content (AvgIpc) is 2.72. The maximum absolute atomic E-state index is 13.3. The summed E-state index contributed by atoms with van der Waals surface area (Å²) in [7, 11) is 0. The van der Waals surface area contributed by atoms with Crippen LogP contribution in [0.25, 0.3) is 0 Å². The predicted molar refractivity (Wildman–Crippen MR) is 123 cm³/mol. The van der Waals surface area contributed by atoms with Gasteiger partial charge in [-0.2, -0.15) is 0 Å². The second-order valence-corrected chi connectivity index (χ2v) is 8.98. The van der Waals surface area contributed by atoms with Crippen LogP contribution in [-0.4, -0.2) is 28.3 Å². The van der Waals surface area contributed by atoms with Gasteiger partial charge < -0.3 is 10.2 Å². The average molecular weight is 427 g/mol. The minimum atomic E-state index is -0.584. The standard InChI is InChI=1S/C26H35FN2O2/c1-6-19-8-10-20(11-9-19)14-17-24(30)29(18-21-12-15-22(27)16-13-21)23(7-2)25(31)28-26(3,4)5/h8-13,15-16,23H,6-7,14,17-18H2,1-5H3,(H,28,31)/t23-/m0/s1. The first-order valence-corrected chi connectivity index (χ1v) is 11.1. The van der Waals surface area contributed by atoms with Gasteiger partial charge in [0.1, 0.15) is 11.9 Å². The molecule has 0 aromatic heterocycles. The Labute approximate surface area is 185 Å². The quantitative estimate of drug-likeness (QED) is 0.610. The van der Waals surface area contributed by atoms with Gasteiger partial charge in [0.05, 0.1) is 0 Å². The van der Waals surface area contributed by atoms with E-state index in [1.54, 1.807) is 17.0 Å². The predicted octanol–water partition coefficient (Wildman–Crippen LogP) is 5.04. The molecule has 2 aromatic carbocycles. The highest BCUT2D eigenvalue weighted by atomic mass is 19.1. The summed E-state index contributed by atoms with van der Waals surface area (Å²) in [5, 5.41) is 2.99. The Balaban J connectivity index is 2.20. The first-order chi connectivity index (χ1) is 14.6. The number of nitrogens with zero attached hydrogens (tertiary/aromatic N) is 1. The van der Waals surface area contributed by atoms with Gasteiger partial charge in [0.15, 0.2) is 0 Å². The molecule has 5 heteroatoms. The maximum atomic E-state index is 13.3. The van der Waals surface area contributed by atoms with E-state index in [0.29, 0.717) is 19.3 Å². The van der Waals surface area contributed by atoms with Gasteiger partial charge in [-0.3, -0.25) is 9.59 Å². The Kier molecular flexibility index (Phi) is 8.78. The van der Waals surface area contributed by atoms with Gasteiger partial charge in [-0.25, -0.2) is 4.39 Å². The third-order valence-electron chi connectivity index (χ3n) is 5.21. The summed E-state index contributed by atoms with van der Waals surface area (Å²) >= 11 is 0. The molecule has 0 bridgehead atoms. The number of rotatable bonds is 9. The number of halogens is 1. The van der Waals surface area contributed by atoms with Crippen LogP contribution >= 0.6 is 0 Å². The van der Waals surface area contributed by atoms with E-state index in [0.717, 1.165) is 17.5 Å². The molecule has 2 rings (SSSR count). The largest absolute Gasteiger partial charge is 0.350 e. The molecule has 4 nitrogen and oxygen atoms in total. The van der Waals surface area contributed by atoms with Crippen molar-refractivity contribution in [3.63, 3.8) is 0 Å². The summed E-state index contributed by atoms with van der Waals surface area (Å²) in [5.74, 6) is -0.577. The highest BCUT2D eigenvalue weighted by Crippen LogP contribution is 2.17. The fourth-order valence-corrected chi connectivity index (χ4v) is 3.50. The Morgan fingerprint density at radius 2 is 1.48 bits per heavy atom. The van der Waals surface area contributed by atoms with Crippen LogP contribution in [0, 0.1) is 5.82 Å². The molecule has 0 aliphatic heterocycles. The summed E-state index contributed by atoms with van der Waals surface area (Å²) < 4.78 is 13.3. The molecule has 0 heterocycles. The summed E-state index contributed by atoms with van der Waals surface area (Å²) in [6, 6.07) is 13.8. The number of hydrogen-bond acceptors (Lipinski definition) is 2. The second kappa shape index (κ2) is 11.1. The molecule has 0 spiro atoms. The monoisotopic (exact) mass is 426 g/mol. The van der Waals surface area contributed by atoms with Gasteiger partial charge in [-0.1, -0.05) is 50.2 Å². The lowest BCUT2D eigenvalue weighted by molar-refractivity contribution is -0.142. The molecule has 1 atom stereocenters. The first kappa shape index (κ1) is 24.6. The van der Waals surface area contributed by atoms with Gasteiger partial charge in [0.25, 0.3) is 0 Å². The van der Waals surface area contributed by atoms with Crippen molar-refractivity contribution in [3.8, 4) is 0 Å². The lowest BCUT2D eigenvalue weighted by Gasteiger charge is -2.33. The Hall–Kier alpha value is -2.69. The third-order valence-corrected chi connectivity index (χ3v) is 5.21. The number of benzene rings is 2. The smallest absolute Gasteiger partial charge is 0.243 e. The van der Waals surface area contributed by atoms with Gasteiger partial charge in [-0.05, 0) is 68.9 Å². The van der Waals surface area contributed by atoms with Crippen LogP contribution in [0.3, 0.4) is 0 Å². The number of carbonyl (C=O) groups is 2. The van der Waals surface area contributed by atoms with E-state index >= 15 is 0 Å². The number of carbonyl (C=O) groups excluding carboxylic acids is 2. The topological polar surface area (TPSA) is 49.4 Å². The second-order valence-electron chi connectivity index (χ2n) is 8.98. The zero-order chi connectivity index (χ0) is 23.0. The van der Waals surface area contributed by atoms with Crippen LogP contribution in [0.2, 0.25) is 0 Å². The summed E-state index contributed by atoms with van der Waals surface area (Å²) in [4.78, 5) is 27.8. The van der Waals surface area contributed by atoms with E-state index in [4.69, 9.17) is 0 Å². The molecule has 0 unspecified atom stereocenters. The molecule has 0 saturated carbocycles. The van der Waals surface area contributed by atoms with E-state index < -0.39 is 11.6 Å². The van der Waals surface area contributed by atoms with Crippen molar-refractivity contribution in [2.45, 2.75) is 78.4 Å². The molecule has 0 aliphatic carbocycles. The molecule has 1 N–H and O–H groups in total. The Morgan fingerprint density at radius 1 is 0.935 bits per heavy atom. The molecular weight excluding hydrogens is 391 g/mol. The van der Waals surface area contributed by atoms with Crippen molar-refractivity contribution in [2.75, 3.05) is 0 Å². The van der Waals surface area contributed by atoms with E-state index in [1.165, 1.54) is 17.7 Å². The fourth-order valence-electron chi connectivity index (χ4n) is 3.50. The van der Waals surface area contributed by atoms with Crippen LogP contribution in [0.1, 0.15) is 64.2 Å². The van der Waals surface area contributed by atoms with E-state index in [9.17, 15) is 14.0 Å². The van der Waals surface area contributed by atoms with Gasteiger partial charge in [-0.15, -0.1) is 0 Å².